The van der Waals surface area contributed by atoms with Crippen molar-refractivity contribution in [2.24, 2.45) is 7.05 Å². The van der Waals surface area contributed by atoms with Crippen molar-refractivity contribution >= 4 is 16.6 Å². The van der Waals surface area contributed by atoms with E-state index >= 15 is 0 Å². The Bertz CT molecular complexity index is 920. The van der Waals surface area contributed by atoms with E-state index in [-0.39, 0.29) is 17.6 Å². The Labute approximate surface area is 147 Å². The molecule has 3 aromatic rings. The maximum absolute atomic E-state index is 12.3. The third kappa shape index (κ3) is 3.39. The Morgan fingerprint density at radius 1 is 1.12 bits per heavy atom. The fourth-order valence-corrected chi connectivity index (χ4v) is 3.29. The summed E-state index contributed by atoms with van der Waals surface area (Å²) in [5, 5.41) is 9.43. The van der Waals surface area contributed by atoms with Gasteiger partial charge in [0.1, 0.15) is 0 Å². The highest BCUT2D eigenvalue weighted by molar-refractivity contribution is 5.90. The number of anilines is 1. The number of fused-ring (bicyclic) bond motifs is 1. The van der Waals surface area contributed by atoms with Gasteiger partial charge in [0.15, 0.2) is 5.82 Å². The summed E-state index contributed by atoms with van der Waals surface area (Å²) in [6.07, 6.45) is 3.66. The molecule has 6 heteroatoms. The van der Waals surface area contributed by atoms with Crippen LogP contribution in [-0.2, 0) is 7.05 Å². The summed E-state index contributed by atoms with van der Waals surface area (Å²) in [4.78, 5) is 18.7. The lowest BCUT2D eigenvalue weighted by molar-refractivity contribution is 0.274. The van der Waals surface area contributed by atoms with Crippen molar-refractivity contribution in [1.82, 2.24) is 19.7 Å². The Morgan fingerprint density at radius 3 is 2.48 bits per heavy atom. The first-order valence-electron chi connectivity index (χ1n) is 8.28. The lowest BCUT2D eigenvalue weighted by atomic mass is 10.0. The predicted molar refractivity (Wildman–Crippen MR) is 101 cm³/mol. The molecule has 0 aliphatic carbocycles. The van der Waals surface area contributed by atoms with Gasteiger partial charge in [-0.3, -0.25) is 9.78 Å². The minimum Gasteiger partial charge on any atom is -0.364 e. The fourth-order valence-electron chi connectivity index (χ4n) is 3.29. The van der Waals surface area contributed by atoms with E-state index < -0.39 is 0 Å². The quantitative estimate of drug-likeness (QED) is 0.775. The number of likely N-dealkylation sites (N-methyl/N-ethyl adjacent to an activating group) is 1. The molecule has 2 atom stereocenters. The van der Waals surface area contributed by atoms with Gasteiger partial charge in [0.05, 0.1) is 11.4 Å². The van der Waals surface area contributed by atoms with Gasteiger partial charge >= 0.3 is 0 Å². The summed E-state index contributed by atoms with van der Waals surface area (Å²) in [5.74, 6) is 0.709. The summed E-state index contributed by atoms with van der Waals surface area (Å²) in [7, 11) is 5.76. The number of rotatable bonds is 5. The van der Waals surface area contributed by atoms with E-state index in [0.717, 1.165) is 10.9 Å². The number of hydrogen-bond acceptors (Lipinski definition) is 5. The van der Waals surface area contributed by atoms with E-state index in [1.54, 1.807) is 13.2 Å². The van der Waals surface area contributed by atoms with Gasteiger partial charge < -0.3 is 10.2 Å². The van der Waals surface area contributed by atoms with Crippen molar-refractivity contribution in [1.29, 1.82) is 0 Å². The zero-order chi connectivity index (χ0) is 18.0. The van der Waals surface area contributed by atoms with E-state index in [2.05, 4.69) is 33.3 Å². The largest absolute Gasteiger partial charge is 0.364 e. The Morgan fingerprint density at radius 2 is 1.84 bits per heavy atom. The first kappa shape index (κ1) is 17.1. The highest BCUT2D eigenvalue weighted by atomic mass is 16.1. The maximum atomic E-state index is 12.3. The molecule has 1 unspecified atom stereocenters. The molecule has 0 aliphatic heterocycles. The molecule has 0 bridgehead atoms. The third-order valence-corrected chi connectivity index (χ3v) is 4.38. The lowest BCUT2D eigenvalue weighted by Gasteiger charge is -2.31. The highest BCUT2D eigenvalue weighted by Crippen LogP contribution is 2.25. The van der Waals surface area contributed by atoms with E-state index in [9.17, 15) is 4.79 Å². The summed E-state index contributed by atoms with van der Waals surface area (Å²) in [6, 6.07) is 11.7. The number of nitrogens with zero attached hydrogens (tertiary/aromatic N) is 4. The van der Waals surface area contributed by atoms with Gasteiger partial charge in [-0.05, 0) is 38.7 Å². The van der Waals surface area contributed by atoms with Gasteiger partial charge in [-0.25, -0.2) is 4.68 Å². The molecule has 2 heterocycles. The second kappa shape index (κ2) is 7.03. The SMILES string of the molecule is C[C@H](Nc1nn(C)c(=O)c2ccccc12)C(c1cccnc1)N(C)C. The zero-order valence-corrected chi connectivity index (χ0v) is 15.0. The Kier molecular flexibility index (Phi) is 4.81. The molecule has 3 rings (SSSR count). The molecule has 0 amide bonds. The van der Waals surface area contributed by atoms with Crippen LogP contribution in [0.25, 0.3) is 10.8 Å². The second-order valence-corrected chi connectivity index (χ2v) is 6.45. The Hall–Kier alpha value is -2.73. The number of aromatic nitrogens is 3. The molecule has 6 nitrogen and oxygen atoms in total. The van der Waals surface area contributed by atoms with Crippen molar-refractivity contribution in [2.45, 2.75) is 19.0 Å². The molecule has 130 valence electrons. The summed E-state index contributed by atoms with van der Waals surface area (Å²) in [5.41, 5.74) is 1.03. The average Bonchev–Trinajstić information content (AvgIpc) is 2.60. The number of pyridine rings is 1. The van der Waals surface area contributed by atoms with Crippen LogP contribution in [0.1, 0.15) is 18.5 Å². The summed E-state index contributed by atoms with van der Waals surface area (Å²) in [6.45, 7) is 2.11. The van der Waals surface area contributed by atoms with Gasteiger partial charge in [-0.15, -0.1) is 0 Å². The lowest BCUT2D eigenvalue weighted by Crippen LogP contribution is -2.35. The van der Waals surface area contributed by atoms with E-state index in [1.165, 1.54) is 4.68 Å². The molecular formula is C19H23N5O. The maximum Gasteiger partial charge on any atom is 0.274 e. The molecule has 0 radical (unpaired) electrons. The van der Waals surface area contributed by atoms with Crippen molar-refractivity contribution in [2.75, 3.05) is 19.4 Å². The van der Waals surface area contributed by atoms with Gasteiger partial charge in [0.2, 0.25) is 0 Å². The van der Waals surface area contributed by atoms with Gasteiger partial charge in [0.25, 0.3) is 5.56 Å². The summed E-state index contributed by atoms with van der Waals surface area (Å²) >= 11 is 0. The molecular weight excluding hydrogens is 314 g/mol. The minimum absolute atomic E-state index is 0.0626. The number of benzene rings is 1. The van der Waals surface area contributed by atoms with Crippen LogP contribution in [0, 0.1) is 0 Å². The Balaban J connectivity index is 2.00. The van der Waals surface area contributed by atoms with Crippen molar-refractivity contribution in [3.63, 3.8) is 0 Å². The van der Waals surface area contributed by atoms with Crippen molar-refractivity contribution in [3.8, 4) is 0 Å². The molecule has 1 aromatic carbocycles. The van der Waals surface area contributed by atoms with Crippen LogP contribution in [-0.4, -0.2) is 39.8 Å². The van der Waals surface area contributed by atoms with Crippen LogP contribution in [0.4, 0.5) is 5.82 Å². The normalized spacial score (nSPS) is 13.8. The molecule has 0 saturated carbocycles. The van der Waals surface area contributed by atoms with Crippen LogP contribution in [0.5, 0.6) is 0 Å². The monoisotopic (exact) mass is 337 g/mol. The van der Waals surface area contributed by atoms with Crippen molar-refractivity contribution < 1.29 is 0 Å². The molecule has 2 aromatic heterocycles. The number of nitrogens with one attached hydrogen (secondary N) is 1. The van der Waals surface area contributed by atoms with Crippen LogP contribution >= 0.6 is 0 Å². The van der Waals surface area contributed by atoms with E-state index in [4.69, 9.17) is 0 Å². The average molecular weight is 337 g/mol. The van der Waals surface area contributed by atoms with Crippen LogP contribution in [0.15, 0.2) is 53.6 Å². The van der Waals surface area contributed by atoms with Crippen LogP contribution in [0.3, 0.4) is 0 Å². The fraction of sp³-hybridized carbons (Fsp3) is 0.316. The predicted octanol–water partition coefficient (Wildman–Crippen LogP) is 2.43. The highest BCUT2D eigenvalue weighted by Gasteiger charge is 2.23. The molecule has 0 aliphatic rings. The van der Waals surface area contributed by atoms with Gasteiger partial charge in [0, 0.05) is 30.9 Å². The zero-order valence-electron chi connectivity index (χ0n) is 15.0. The molecule has 25 heavy (non-hydrogen) atoms. The number of hydrogen-bond donors (Lipinski definition) is 1. The minimum atomic E-state index is -0.0924. The summed E-state index contributed by atoms with van der Waals surface area (Å²) < 4.78 is 1.38. The third-order valence-electron chi connectivity index (χ3n) is 4.38. The van der Waals surface area contributed by atoms with Gasteiger partial charge in [-0.2, -0.15) is 5.10 Å². The smallest absolute Gasteiger partial charge is 0.274 e. The van der Waals surface area contributed by atoms with Crippen molar-refractivity contribution in [3.05, 3.63) is 64.7 Å². The molecule has 1 N–H and O–H groups in total. The first-order chi connectivity index (χ1) is 12.0. The standard InChI is InChI=1S/C19H23N5O/c1-13(17(23(2)3)14-8-7-11-20-12-14)21-18-15-9-5-6-10-16(15)19(25)24(4)22-18/h5-13,17H,1-4H3,(H,21,22)/t13-,17?/m0/s1. The molecule has 0 saturated heterocycles. The number of aryl methyl sites for hydroxylation is 1. The topological polar surface area (TPSA) is 63.1 Å². The van der Waals surface area contributed by atoms with Gasteiger partial charge in [-0.1, -0.05) is 24.3 Å². The first-order valence-corrected chi connectivity index (χ1v) is 8.28. The van der Waals surface area contributed by atoms with Crippen LogP contribution in [0.2, 0.25) is 0 Å². The van der Waals surface area contributed by atoms with E-state index in [0.29, 0.717) is 11.2 Å². The molecule has 0 fully saturated rings. The molecule has 0 spiro atoms. The van der Waals surface area contributed by atoms with E-state index in [1.807, 2.05) is 50.6 Å². The van der Waals surface area contributed by atoms with Crippen LogP contribution < -0.4 is 10.9 Å². The second-order valence-electron chi connectivity index (χ2n) is 6.45.